The van der Waals surface area contributed by atoms with E-state index in [-0.39, 0.29) is 5.56 Å². The standard InChI is InChI=1S/C26H23F3/c1-2-17-3-5-18(6-4-17)19-7-9-20(10-8-19)21-13-14-24-22(15-21)11-12-23(26(24)29)16-25(27)28/h2,7-18H,1,3-6H2. The minimum Gasteiger partial charge on any atom is -0.206 e. The second kappa shape index (κ2) is 8.28. The first-order chi connectivity index (χ1) is 14.0. The zero-order chi connectivity index (χ0) is 20.4. The fourth-order valence-electron chi connectivity index (χ4n) is 4.35. The summed E-state index contributed by atoms with van der Waals surface area (Å²) in [6, 6.07) is 17.1. The van der Waals surface area contributed by atoms with E-state index in [0.29, 0.717) is 28.7 Å². The largest absolute Gasteiger partial charge is 0.271 e. The molecule has 0 aromatic heterocycles. The van der Waals surface area contributed by atoms with Crippen molar-refractivity contribution in [1.82, 2.24) is 0 Å². The molecule has 0 unspecified atom stereocenters. The van der Waals surface area contributed by atoms with Crippen molar-refractivity contribution >= 4 is 16.8 Å². The molecule has 0 saturated heterocycles. The van der Waals surface area contributed by atoms with E-state index in [9.17, 15) is 13.2 Å². The third-order valence-electron chi connectivity index (χ3n) is 6.07. The van der Waals surface area contributed by atoms with Crippen LogP contribution in [0.25, 0.3) is 28.0 Å². The van der Waals surface area contributed by atoms with Crippen LogP contribution in [-0.2, 0) is 0 Å². The molecule has 0 radical (unpaired) electrons. The van der Waals surface area contributed by atoms with E-state index < -0.39 is 11.9 Å². The van der Waals surface area contributed by atoms with Gasteiger partial charge in [0, 0.05) is 17.0 Å². The topological polar surface area (TPSA) is 0 Å². The van der Waals surface area contributed by atoms with Crippen LogP contribution in [0.4, 0.5) is 13.2 Å². The Hall–Kier alpha value is -2.81. The number of allylic oxidation sites excluding steroid dienone is 1. The van der Waals surface area contributed by atoms with Crippen molar-refractivity contribution in [2.24, 2.45) is 5.92 Å². The molecule has 0 aliphatic heterocycles. The number of rotatable bonds is 4. The lowest BCUT2D eigenvalue weighted by molar-refractivity contribution is 0.376. The highest BCUT2D eigenvalue weighted by molar-refractivity contribution is 5.89. The first-order valence-electron chi connectivity index (χ1n) is 10.0. The highest BCUT2D eigenvalue weighted by Gasteiger charge is 2.20. The van der Waals surface area contributed by atoms with Gasteiger partial charge in [-0.25, -0.2) is 4.39 Å². The molecule has 3 aromatic carbocycles. The minimum absolute atomic E-state index is 0.0965. The third kappa shape index (κ3) is 4.14. The van der Waals surface area contributed by atoms with E-state index in [2.05, 4.69) is 36.9 Å². The summed E-state index contributed by atoms with van der Waals surface area (Å²) in [5, 5.41) is 1.04. The van der Waals surface area contributed by atoms with Gasteiger partial charge in [0.1, 0.15) is 5.82 Å². The van der Waals surface area contributed by atoms with Gasteiger partial charge >= 0.3 is 0 Å². The third-order valence-corrected chi connectivity index (χ3v) is 6.07. The molecule has 3 aromatic rings. The normalized spacial score (nSPS) is 19.1. The molecule has 0 spiro atoms. The molecule has 29 heavy (non-hydrogen) atoms. The van der Waals surface area contributed by atoms with Gasteiger partial charge in [-0.1, -0.05) is 54.6 Å². The summed E-state index contributed by atoms with van der Waals surface area (Å²) >= 11 is 0. The van der Waals surface area contributed by atoms with Crippen LogP contribution >= 0.6 is 0 Å². The number of hydrogen-bond donors (Lipinski definition) is 0. The molecular weight excluding hydrogens is 369 g/mol. The summed E-state index contributed by atoms with van der Waals surface area (Å²) in [5.74, 6) is 0.640. The molecule has 0 bridgehead atoms. The zero-order valence-electron chi connectivity index (χ0n) is 16.2. The second-order valence-electron chi connectivity index (χ2n) is 7.81. The Labute approximate surface area is 169 Å². The van der Waals surface area contributed by atoms with Crippen molar-refractivity contribution in [2.45, 2.75) is 31.6 Å². The van der Waals surface area contributed by atoms with Crippen molar-refractivity contribution in [3.05, 3.63) is 90.3 Å². The Kier molecular flexibility index (Phi) is 5.57. The lowest BCUT2D eigenvalue weighted by Gasteiger charge is -2.27. The van der Waals surface area contributed by atoms with Crippen LogP contribution < -0.4 is 0 Å². The van der Waals surface area contributed by atoms with Gasteiger partial charge in [0.2, 0.25) is 0 Å². The van der Waals surface area contributed by atoms with Gasteiger partial charge in [0.15, 0.2) is 0 Å². The Balaban J connectivity index is 1.58. The summed E-state index contributed by atoms with van der Waals surface area (Å²) in [4.78, 5) is 0. The Morgan fingerprint density at radius 3 is 2.21 bits per heavy atom. The fraction of sp³-hybridized carbons (Fsp3) is 0.231. The van der Waals surface area contributed by atoms with Gasteiger partial charge in [0.05, 0.1) is 0 Å². The molecule has 1 aliphatic rings. The summed E-state index contributed by atoms with van der Waals surface area (Å²) in [6.45, 7) is 3.91. The van der Waals surface area contributed by atoms with Gasteiger partial charge in [-0.3, -0.25) is 0 Å². The maximum atomic E-state index is 14.5. The smallest absolute Gasteiger partial charge is 0.206 e. The molecular formula is C26H23F3. The molecule has 0 heterocycles. The number of halogens is 3. The van der Waals surface area contributed by atoms with Crippen molar-refractivity contribution in [3.63, 3.8) is 0 Å². The van der Waals surface area contributed by atoms with Crippen LogP contribution in [0, 0.1) is 11.7 Å². The first kappa shape index (κ1) is 19.5. The van der Waals surface area contributed by atoms with Crippen LogP contribution in [0.5, 0.6) is 0 Å². The minimum atomic E-state index is -1.90. The molecule has 148 valence electrons. The van der Waals surface area contributed by atoms with Crippen molar-refractivity contribution in [3.8, 4) is 11.1 Å². The summed E-state index contributed by atoms with van der Waals surface area (Å²) in [7, 11) is 0. The Bertz CT molecular complexity index is 1050. The van der Waals surface area contributed by atoms with Crippen LogP contribution in [0.1, 0.15) is 42.7 Å². The molecule has 0 N–H and O–H groups in total. The number of benzene rings is 3. The second-order valence-corrected chi connectivity index (χ2v) is 7.81. The predicted octanol–water partition coefficient (Wildman–Crippen LogP) is 8.34. The maximum absolute atomic E-state index is 14.5. The lowest BCUT2D eigenvalue weighted by Crippen LogP contribution is -2.11. The zero-order valence-corrected chi connectivity index (χ0v) is 16.2. The lowest BCUT2D eigenvalue weighted by atomic mass is 9.78. The predicted molar refractivity (Wildman–Crippen MR) is 114 cm³/mol. The summed E-state index contributed by atoms with van der Waals surface area (Å²) < 4.78 is 39.5. The molecule has 1 fully saturated rings. The van der Waals surface area contributed by atoms with Crippen LogP contribution in [0.2, 0.25) is 0 Å². The SMILES string of the molecule is C=CC1CCC(c2ccc(-c3ccc4c(F)c(C=C(F)F)ccc4c3)cc2)CC1. The quantitative estimate of drug-likeness (QED) is 0.391. The molecule has 1 aliphatic carbocycles. The number of hydrogen-bond acceptors (Lipinski definition) is 0. The van der Waals surface area contributed by atoms with Crippen LogP contribution in [0.3, 0.4) is 0 Å². The van der Waals surface area contributed by atoms with Gasteiger partial charge < -0.3 is 0 Å². The van der Waals surface area contributed by atoms with Gasteiger partial charge in [-0.05, 0) is 65.7 Å². The van der Waals surface area contributed by atoms with E-state index in [1.807, 2.05) is 12.1 Å². The van der Waals surface area contributed by atoms with Crippen molar-refractivity contribution in [2.75, 3.05) is 0 Å². The van der Waals surface area contributed by atoms with Crippen molar-refractivity contribution < 1.29 is 13.2 Å². The number of fused-ring (bicyclic) bond motifs is 1. The van der Waals surface area contributed by atoms with E-state index in [1.54, 1.807) is 12.1 Å². The van der Waals surface area contributed by atoms with Gasteiger partial charge in [-0.2, -0.15) is 8.78 Å². The van der Waals surface area contributed by atoms with Crippen LogP contribution in [-0.4, -0.2) is 0 Å². The van der Waals surface area contributed by atoms with E-state index in [4.69, 9.17) is 0 Å². The Morgan fingerprint density at radius 1 is 0.862 bits per heavy atom. The molecule has 0 atom stereocenters. The molecule has 4 rings (SSSR count). The van der Waals surface area contributed by atoms with Crippen LogP contribution in [0.15, 0.2) is 73.3 Å². The molecule has 0 amide bonds. The van der Waals surface area contributed by atoms with Gasteiger partial charge in [0.25, 0.3) is 6.08 Å². The fourth-order valence-corrected chi connectivity index (χ4v) is 4.35. The summed E-state index contributed by atoms with van der Waals surface area (Å²) in [6.07, 6.45) is 5.53. The molecule has 0 nitrogen and oxygen atoms in total. The summed E-state index contributed by atoms with van der Waals surface area (Å²) in [5.41, 5.74) is 3.32. The average Bonchev–Trinajstić information content (AvgIpc) is 2.75. The van der Waals surface area contributed by atoms with E-state index in [1.165, 1.54) is 37.3 Å². The first-order valence-corrected chi connectivity index (χ1v) is 10.0. The average molecular weight is 392 g/mol. The highest BCUT2D eigenvalue weighted by Crippen LogP contribution is 2.37. The highest BCUT2D eigenvalue weighted by atomic mass is 19.3. The van der Waals surface area contributed by atoms with E-state index >= 15 is 0 Å². The molecule has 1 saturated carbocycles. The van der Waals surface area contributed by atoms with Gasteiger partial charge in [-0.15, -0.1) is 6.58 Å². The monoisotopic (exact) mass is 392 g/mol. The van der Waals surface area contributed by atoms with Crippen molar-refractivity contribution in [1.29, 1.82) is 0 Å². The Morgan fingerprint density at radius 2 is 1.55 bits per heavy atom. The maximum Gasteiger partial charge on any atom is 0.271 e. The van der Waals surface area contributed by atoms with E-state index in [0.717, 1.165) is 11.1 Å². The molecule has 3 heteroatoms.